The largest absolute Gasteiger partial charge is 0.309 e. The Balaban J connectivity index is 2.48. The molecular formula is C20H25NO2. The summed E-state index contributed by atoms with van der Waals surface area (Å²) in [5.41, 5.74) is 3.92. The number of Topliss-reactive ketones (excluding diaryl/α,β-unsaturated/α-hetero) is 1. The molecule has 3 nitrogen and oxygen atoms in total. The second-order valence-corrected chi connectivity index (χ2v) is 6.30. The van der Waals surface area contributed by atoms with Crippen LogP contribution >= 0.6 is 0 Å². The number of rotatable bonds is 6. The highest BCUT2D eigenvalue weighted by Gasteiger charge is 2.36. The van der Waals surface area contributed by atoms with Gasteiger partial charge in [-0.3, -0.25) is 9.59 Å². The van der Waals surface area contributed by atoms with Gasteiger partial charge in [0.1, 0.15) is 0 Å². The van der Waals surface area contributed by atoms with Crippen molar-refractivity contribution in [2.24, 2.45) is 5.92 Å². The molecule has 1 heterocycles. The minimum Gasteiger partial charge on any atom is -0.309 e. The Morgan fingerprint density at radius 2 is 2.00 bits per heavy atom. The van der Waals surface area contributed by atoms with Gasteiger partial charge in [0.15, 0.2) is 5.78 Å². The molecule has 1 unspecified atom stereocenters. The van der Waals surface area contributed by atoms with Crippen molar-refractivity contribution in [2.75, 3.05) is 6.54 Å². The van der Waals surface area contributed by atoms with Gasteiger partial charge in [0, 0.05) is 30.2 Å². The van der Waals surface area contributed by atoms with E-state index in [1.165, 1.54) is 5.57 Å². The van der Waals surface area contributed by atoms with E-state index in [4.69, 9.17) is 0 Å². The van der Waals surface area contributed by atoms with Gasteiger partial charge in [-0.15, -0.1) is 13.2 Å². The van der Waals surface area contributed by atoms with Crippen LogP contribution in [0, 0.1) is 5.92 Å². The Bertz CT molecular complexity index is 630. The van der Waals surface area contributed by atoms with Crippen molar-refractivity contribution in [3.8, 4) is 0 Å². The van der Waals surface area contributed by atoms with Gasteiger partial charge in [-0.05, 0) is 44.8 Å². The molecule has 1 atom stereocenters. The highest BCUT2D eigenvalue weighted by Crippen LogP contribution is 2.38. The standard InChI is InChI=1S/C20H25NO2/c1-5-7-15-13-18-16(17(8-6-2)20(15)23)9-10-19(22)21(18)12-11-14(3)4/h5-6,11,13,17H,1-2,7-10,12H2,3-4H3. The predicted octanol–water partition coefficient (Wildman–Crippen LogP) is 4.11. The highest BCUT2D eigenvalue weighted by molar-refractivity contribution is 6.02. The van der Waals surface area contributed by atoms with Crippen molar-refractivity contribution in [1.29, 1.82) is 0 Å². The zero-order valence-electron chi connectivity index (χ0n) is 14.1. The first-order chi connectivity index (χ1) is 11.0. The van der Waals surface area contributed by atoms with Gasteiger partial charge >= 0.3 is 0 Å². The fourth-order valence-electron chi connectivity index (χ4n) is 3.16. The first-order valence-electron chi connectivity index (χ1n) is 8.13. The third-order valence-corrected chi connectivity index (χ3v) is 4.34. The van der Waals surface area contributed by atoms with E-state index in [0.29, 0.717) is 32.2 Å². The van der Waals surface area contributed by atoms with E-state index in [2.05, 4.69) is 13.2 Å². The average Bonchev–Trinajstić information content (AvgIpc) is 2.50. The summed E-state index contributed by atoms with van der Waals surface area (Å²) in [7, 11) is 0. The number of hydrogen-bond acceptors (Lipinski definition) is 2. The number of carbonyl (C=O) groups excluding carboxylic acids is 2. The molecule has 23 heavy (non-hydrogen) atoms. The smallest absolute Gasteiger partial charge is 0.227 e. The fraction of sp³-hybridized carbons (Fsp3) is 0.400. The molecular weight excluding hydrogens is 286 g/mol. The molecule has 0 N–H and O–H groups in total. The van der Waals surface area contributed by atoms with E-state index in [1.54, 1.807) is 12.2 Å². The summed E-state index contributed by atoms with van der Waals surface area (Å²) >= 11 is 0. The van der Waals surface area contributed by atoms with Crippen LogP contribution in [0.4, 0.5) is 0 Å². The number of nitrogens with zero attached hydrogens (tertiary/aromatic N) is 1. The van der Waals surface area contributed by atoms with Crippen LogP contribution in [0.15, 0.2) is 59.9 Å². The summed E-state index contributed by atoms with van der Waals surface area (Å²) in [6.07, 6.45) is 9.78. The molecule has 0 aromatic heterocycles. The lowest BCUT2D eigenvalue weighted by atomic mass is 9.77. The molecule has 0 saturated carbocycles. The van der Waals surface area contributed by atoms with Crippen molar-refractivity contribution in [3.05, 3.63) is 59.9 Å². The van der Waals surface area contributed by atoms with Crippen LogP contribution in [0.3, 0.4) is 0 Å². The molecule has 2 aliphatic rings. The van der Waals surface area contributed by atoms with Crippen LogP contribution in [0.2, 0.25) is 0 Å². The van der Waals surface area contributed by atoms with Gasteiger partial charge in [-0.25, -0.2) is 0 Å². The zero-order chi connectivity index (χ0) is 17.0. The monoisotopic (exact) mass is 311 g/mol. The fourth-order valence-corrected chi connectivity index (χ4v) is 3.16. The second kappa shape index (κ2) is 7.40. The van der Waals surface area contributed by atoms with E-state index in [9.17, 15) is 9.59 Å². The minimum atomic E-state index is -0.176. The van der Waals surface area contributed by atoms with Gasteiger partial charge in [-0.2, -0.15) is 0 Å². The van der Waals surface area contributed by atoms with Crippen LogP contribution in [0.5, 0.6) is 0 Å². The Morgan fingerprint density at radius 3 is 2.61 bits per heavy atom. The lowest BCUT2D eigenvalue weighted by Gasteiger charge is -2.36. The lowest BCUT2D eigenvalue weighted by molar-refractivity contribution is -0.130. The molecule has 3 heteroatoms. The van der Waals surface area contributed by atoms with Gasteiger partial charge < -0.3 is 4.90 Å². The molecule has 0 radical (unpaired) electrons. The van der Waals surface area contributed by atoms with Gasteiger partial charge in [-0.1, -0.05) is 23.8 Å². The van der Waals surface area contributed by atoms with Gasteiger partial charge in [0.05, 0.1) is 0 Å². The summed E-state index contributed by atoms with van der Waals surface area (Å²) in [6.45, 7) is 12.1. The molecule has 0 aromatic rings. The van der Waals surface area contributed by atoms with E-state index >= 15 is 0 Å². The van der Waals surface area contributed by atoms with E-state index < -0.39 is 0 Å². The van der Waals surface area contributed by atoms with Crippen molar-refractivity contribution < 1.29 is 9.59 Å². The molecule has 1 aliphatic heterocycles. The van der Waals surface area contributed by atoms with Crippen molar-refractivity contribution in [3.63, 3.8) is 0 Å². The molecule has 2 rings (SSSR count). The normalized spacial score (nSPS) is 20.9. The summed E-state index contributed by atoms with van der Waals surface area (Å²) in [4.78, 5) is 26.9. The number of hydrogen-bond donors (Lipinski definition) is 0. The molecule has 0 bridgehead atoms. The lowest BCUT2D eigenvalue weighted by Crippen LogP contribution is -2.38. The van der Waals surface area contributed by atoms with Crippen molar-refractivity contribution in [1.82, 2.24) is 4.90 Å². The van der Waals surface area contributed by atoms with Crippen molar-refractivity contribution >= 4 is 11.7 Å². The first kappa shape index (κ1) is 17.2. The summed E-state index contributed by atoms with van der Waals surface area (Å²) < 4.78 is 0. The highest BCUT2D eigenvalue weighted by atomic mass is 16.2. The minimum absolute atomic E-state index is 0.127. The molecule has 0 saturated heterocycles. The number of allylic oxidation sites excluding steroid dienone is 6. The quantitative estimate of drug-likeness (QED) is 0.692. The zero-order valence-corrected chi connectivity index (χ0v) is 14.1. The predicted molar refractivity (Wildman–Crippen MR) is 93.6 cm³/mol. The number of carbonyl (C=O) groups is 2. The Labute approximate surface area is 138 Å². The van der Waals surface area contributed by atoms with E-state index in [0.717, 1.165) is 16.8 Å². The van der Waals surface area contributed by atoms with Crippen LogP contribution in [-0.2, 0) is 9.59 Å². The second-order valence-electron chi connectivity index (χ2n) is 6.30. The maximum atomic E-state index is 12.7. The molecule has 0 aromatic carbocycles. The van der Waals surface area contributed by atoms with E-state index in [1.807, 2.05) is 30.9 Å². The maximum absolute atomic E-state index is 12.7. The summed E-state index contributed by atoms with van der Waals surface area (Å²) in [5, 5.41) is 0. The topological polar surface area (TPSA) is 37.4 Å². The van der Waals surface area contributed by atoms with Crippen LogP contribution < -0.4 is 0 Å². The average molecular weight is 311 g/mol. The first-order valence-corrected chi connectivity index (χ1v) is 8.13. The maximum Gasteiger partial charge on any atom is 0.227 e. The van der Waals surface area contributed by atoms with Crippen LogP contribution in [0.1, 0.15) is 39.5 Å². The number of amides is 1. The molecule has 0 spiro atoms. The molecule has 1 amide bonds. The van der Waals surface area contributed by atoms with E-state index in [-0.39, 0.29) is 17.6 Å². The summed E-state index contributed by atoms with van der Waals surface area (Å²) in [5.74, 6) is 0.104. The van der Waals surface area contributed by atoms with Crippen LogP contribution in [0.25, 0.3) is 0 Å². The Kier molecular flexibility index (Phi) is 5.54. The molecule has 0 fully saturated rings. The van der Waals surface area contributed by atoms with Gasteiger partial charge in [0.2, 0.25) is 5.91 Å². The number of ketones is 1. The summed E-state index contributed by atoms with van der Waals surface area (Å²) in [6, 6.07) is 0. The molecule has 122 valence electrons. The van der Waals surface area contributed by atoms with Gasteiger partial charge in [0.25, 0.3) is 0 Å². The molecule has 1 aliphatic carbocycles. The third kappa shape index (κ3) is 3.61. The van der Waals surface area contributed by atoms with Crippen molar-refractivity contribution in [2.45, 2.75) is 39.5 Å². The Hall–Kier alpha value is -2.16. The Morgan fingerprint density at radius 1 is 1.26 bits per heavy atom. The SMILES string of the molecule is C=CCC1=CC2=C(CCC(=O)N2CC=C(C)C)C(CC=C)C1=O. The third-order valence-electron chi connectivity index (χ3n) is 4.34. The van der Waals surface area contributed by atoms with Crippen LogP contribution in [-0.4, -0.2) is 23.1 Å².